The molecule has 0 bridgehead atoms. The molecule has 1 aromatic heterocycles. The summed E-state index contributed by atoms with van der Waals surface area (Å²) < 4.78 is 9.28. The van der Waals surface area contributed by atoms with Crippen molar-refractivity contribution in [2.45, 2.75) is 33.4 Å². The summed E-state index contributed by atoms with van der Waals surface area (Å²) in [5.74, 6) is 1.50. The van der Waals surface area contributed by atoms with Crippen LogP contribution in [0.15, 0.2) is 21.1 Å². The van der Waals surface area contributed by atoms with E-state index in [9.17, 15) is 0 Å². The Bertz CT molecular complexity index is 579. The van der Waals surface area contributed by atoms with Gasteiger partial charge in [-0.3, -0.25) is 0 Å². The Labute approximate surface area is 140 Å². The predicted octanol–water partition coefficient (Wildman–Crippen LogP) is 3.62. The predicted molar refractivity (Wildman–Crippen MR) is 88.4 cm³/mol. The molecule has 0 spiro atoms. The second kappa shape index (κ2) is 7.74. The molecular formula is C13H17Br2N5O. The van der Waals surface area contributed by atoms with Gasteiger partial charge in [0.2, 0.25) is 5.95 Å². The Morgan fingerprint density at radius 2 is 1.95 bits per heavy atom. The third-order valence-corrected chi connectivity index (χ3v) is 3.97. The minimum atomic E-state index is 0.631. The van der Waals surface area contributed by atoms with Crippen LogP contribution in [0.4, 0.5) is 5.95 Å². The van der Waals surface area contributed by atoms with Crippen molar-refractivity contribution in [2.24, 2.45) is 0 Å². The summed E-state index contributed by atoms with van der Waals surface area (Å²) in [6.07, 6.45) is 0.974. The molecule has 2 rings (SSSR count). The maximum atomic E-state index is 5.71. The van der Waals surface area contributed by atoms with Gasteiger partial charge in [0.05, 0.1) is 15.6 Å². The van der Waals surface area contributed by atoms with Crippen molar-refractivity contribution in [2.75, 3.05) is 11.9 Å². The average molecular weight is 419 g/mol. The molecule has 0 aliphatic carbocycles. The number of benzene rings is 1. The Kier molecular flexibility index (Phi) is 5.98. The van der Waals surface area contributed by atoms with Gasteiger partial charge in [-0.05, 0) is 73.3 Å². The standard InChI is InChI=1S/C13H17Br2N5O/c1-3-5-21-12-10(14)6-9(7-11(12)15)8-16-13-17-18-19-20(13)4-2/h6-7H,3-5,8H2,1-2H3,(H,16,17,19). The van der Waals surface area contributed by atoms with E-state index < -0.39 is 0 Å². The van der Waals surface area contributed by atoms with Gasteiger partial charge in [-0.25, -0.2) is 4.68 Å². The molecule has 0 saturated heterocycles. The van der Waals surface area contributed by atoms with Crippen LogP contribution in [-0.4, -0.2) is 26.8 Å². The number of halogens is 2. The second-order valence-corrected chi connectivity index (χ2v) is 6.12. The fourth-order valence-corrected chi connectivity index (χ4v) is 3.29. The monoisotopic (exact) mass is 417 g/mol. The van der Waals surface area contributed by atoms with E-state index in [1.807, 2.05) is 19.1 Å². The largest absolute Gasteiger partial charge is 0.491 e. The van der Waals surface area contributed by atoms with Crippen LogP contribution in [-0.2, 0) is 13.1 Å². The lowest BCUT2D eigenvalue weighted by Crippen LogP contribution is -2.08. The van der Waals surface area contributed by atoms with E-state index in [4.69, 9.17) is 4.74 Å². The summed E-state index contributed by atoms with van der Waals surface area (Å²) in [5, 5.41) is 14.7. The van der Waals surface area contributed by atoms with E-state index in [0.29, 0.717) is 19.1 Å². The van der Waals surface area contributed by atoms with Gasteiger partial charge in [0, 0.05) is 13.1 Å². The molecule has 0 atom stereocenters. The van der Waals surface area contributed by atoms with E-state index in [1.54, 1.807) is 4.68 Å². The van der Waals surface area contributed by atoms with E-state index in [1.165, 1.54) is 0 Å². The van der Waals surface area contributed by atoms with Gasteiger partial charge in [0.25, 0.3) is 0 Å². The maximum absolute atomic E-state index is 5.71. The molecular weight excluding hydrogens is 402 g/mol. The Morgan fingerprint density at radius 3 is 2.57 bits per heavy atom. The highest BCUT2D eigenvalue weighted by atomic mass is 79.9. The van der Waals surface area contributed by atoms with Crippen LogP contribution >= 0.6 is 31.9 Å². The molecule has 0 radical (unpaired) electrons. The molecule has 1 heterocycles. The number of nitrogens with zero attached hydrogens (tertiary/aromatic N) is 4. The first-order chi connectivity index (χ1) is 10.2. The van der Waals surface area contributed by atoms with Crippen LogP contribution in [0.25, 0.3) is 0 Å². The highest BCUT2D eigenvalue weighted by Crippen LogP contribution is 2.35. The van der Waals surface area contributed by atoms with Crippen LogP contribution < -0.4 is 10.1 Å². The van der Waals surface area contributed by atoms with Crippen molar-refractivity contribution in [3.8, 4) is 5.75 Å². The molecule has 2 aromatic rings. The molecule has 0 amide bonds. The average Bonchev–Trinajstić information content (AvgIpc) is 2.92. The number of ether oxygens (including phenoxy) is 1. The van der Waals surface area contributed by atoms with Crippen LogP contribution in [0.2, 0.25) is 0 Å². The quantitative estimate of drug-likeness (QED) is 0.743. The SMILES string of the molecule is CCCOc1c(Br)cc(CNc2nnnn2CC)cc1Br. The minimum absolute atomic E-state index is 0.631. The van der Waals surface area contributed by atoms with E-state index >= 15 is 0 Å². The first kappa shape index (κ1) is 16.2. The van der Waals surface area contributed by atoms with Crippen molar-refractivity contribution >= 4 is 37.8 Å². The third kappa shape index (κ3) is 4.16. The van der Waals surface area contributed by atoms with Gasteiger partial charge in [0.1, 0.15) is 5.75 Å². The zero-order valence-electron chi connectivity index (χ0n) is 11.9. The zero-order chi connectivity index (χ0) is 15.2. The van der Waals surface area contributed by atoms with E-state index in [-0.39, 0.29) is 0 Å². The first-order valence-electron chi connectivity index (χ1n) is 6.76. The number of anilines is 1. The second-order valence-electron chi connectivity index (χ2n) is 4.41. The lowest BCUT2D eigenvalue weighted by Gasteiger charge is -2.12. The normalized spacial score (nSPS) is 10.7. The molecule has 0 fully saturated rings. The smallest absolute Gasteiger partial charge is 0.243 e. The minimum Gasteiger partial charge on any atom is -0.491 e. The van der Waals surface area contributed by atoms with Crippen LogP contribution in [0.1, 0.15) is 25.8 Å². The highest BCUT2D eigenvalue weighted by molar-refractivity contribution is 9.11. The van der Waals surface area contributed by atoms with Crippen LogP contribution in [0.5, 0.6) is 5.75 Å². The molecule has 0 aliphatic rings. The Balaban J connectivity index is 2.07. The topological polar surface area (TPSA) is 64.9 Å². The van der Waals surface area contributed by atoms with E-state index in [0.717, 1.165) is 33.2 Å². The maximum Gasteiger partial charge on any atom is 0.243 e. The lowest BCUT2D eigenvalue weighted by molar-refractivity contribution is 0.313. The number of hydrogen-bond donors (Lipinski definition) is 1. The molecule has 1 aromatic carbocycles. The Morgan fingerprint density at radius 1 is 1.24 bits per heavy atom. The number of aryl methyl sites for hydroxylation is 1. The van der Waals surface area contributed by atoms with Crippen LogP contribution in [0, 0.1) is 0 Å². The summed E-state index contributed by atoms with van der Waals surface area (Å²) >= 11 is 7.09. The van der Waals surface area contributed by atoms with Gasteiger partial charge in [-0.1, -0.05) is 12.0 Å². The summed E-state index contributed by atoms with van der Waals surface area (Å²) in [4.78, 5) is 0. The van der Waals surface area contributed by atoms with Crippen molar-refractivity contribution in [3.63, 3.8) is 0 Å². The van der Waals surface area contributed by atoms with Gasteiger partial charge in [-0.15, -0.1) is 0 Å². The van der Waals surface area contributed by atoms with Crippen molar-refractivity contribution in [1.29, 1.82) is 0 Å². The Hall–Kier alpha value is -1.15. The number of hydrogen-bond acceptors (Lipinski definition) is 5. The number of nitrogens with one attached hydrogen (secondary N) is 1. The third-order valence-electron chi connectivity index (χ3n) is 2.79. The van der Waals surface area contributed by atoms with Crippen LogP contribution in [0.3, 0.4) is 0 Å². The fourth-order valence-electron chi connectivity index (χ4n) is 1.78. The molecule has 0 saturated carbocycles. The fraction of sp³-hybridized carbons (Fsp3) is 0.462. The lowest BCUT2D eigenvalue weighted by atomic mass is 10.2. The summed E-state index contributed by atoms with van der Waals surface area (Å²) in [5.41, 5.74) is 1.10. The number of aromatic nitrogens is 4. The molecule has 6 nitrogen and oxygen atoms in total. The van der Waals surface area contributed by atoms with E-state index in [2.05, 4.69) is 59.6 Å². The van der Waals surface area contributed by atoms with Crippen molar-refractivity contribution in [3.05, 3.63) is 26.6 Å². The molecule has 21 heavy (non-hydrogen) atoms. The summed E-state index contributed by atoms with van der Waals surface area (Å²) in [6.45, 7) is 6.13. The molecule has 114 valence electrons. The molecule has 8 heteroatoms. The van der Waals surface area contributed by atoms with Gasteiger partial charge in [-0.2, -0.15) is 0 Å². The first-order valence-corrected chi connectivity index (χ1v) is 8.35. The number of rotatable bonds is 7. The summed E-state index contributed by atoms with van der Waals surface area (Å²) in [7, 11) is 0. The van der Waals surface area contributed by atoms with Gasteiger partial charge >= 0.3 is 0 Å². The van der Waals surface area contributed by atoms with Gasteiger partial charge in [0.15, 0.2) is 0 Å². The summed E-state index contributed by atoms with van der Waals surface area (Å²) in [6, 6.07) is 4.06. The molecule has 1 N–H and O–H groups in total. The zero-order valence-corrected chi connectivity index (χ0v) is 15.1. The number of tetrazole rings is 1. The van der Waals surface area contributed by atoms with Gasteiger partial charge < -0.3 is 10.1 Å². The van der Waals surface area contributed by atoms with Crippen molar-refractivity contribution in [1.82, 2.24) is 20.2 Å². The molecule has 0 unspecified atom stereocenters. The van der Waals surface area contributed by atoms with Crippen molar-refractivity contribution < 1.29 is 4.74 Å². The highest BCUT2D eigenvalue weighted by Gasteiger charge is 2.10. The molecule has 0 aliphatic heterocycles.